The zero-order chi connectivity index (χ0) is 20.1. The van der Waals surface area contributed by atoms with Gasteiger partial charge in [0.05, 0.1) is 6.54 Å². The van der Waals surface area contributed by atoms with Crippen molar-refractivity contribution < 1.29 is 23.5 Å². The first kappa shape index (κ1) is 17.8. The fourth-order valence-corrected chi connectivity index (χ4v) is 4.18. The monoisotopic (exact) mass is 395 g/mol. The number of hydrogen-bond acceptors (Lipinski definition) is 5. The molecule has 0 spiro atoms. The number of ether oxygens (including phenoxy) is 1. The van der Waals surface area contributed by atoms with Gasteiger partial charge in [-0.25, -0.2) is 4.39 Å². The van der Waals surface area contributed by atoms with Crippen LogP contribution in [0.2, 0.25) is 0 Å². The molecule has 148 valence electrons. The Hall–Kier alpha value is -3.26. The number of imide groups is 1. The van der Waals surface area contributed by atoms with Gasteiger partial charge in [-0.05, 0) is 30.2 Å². The van der Waals surface area contributed by atoms with Crippen LogP contribution in [0.15, 0.2) is 30.3 Å². The van der Waals surface area contributed by atoms with Crippen LogP contribution < -0.4 is 15.4 Å². The van der Waals surface area contributed by atoms with Gasteiger partial charge in [-0.2, -0.15) is 0 Å². The Bertz CT molecular complexity index is 1070. The molecule has 3 amide bonds. The summed E-state index contributed by atoms with van der Waals surface area (Å²) in [7, 11) is 0. The lowest BCUT2D eigenvalue weighted by molar-refractivity contribution is -0.136. The predicted octanol–water partition coefficient (Wildman–Crippen LogP) is 1.98. The highest BCUT2D eigenvalue weighted by Gasteiger charge is 2.40. The van der Waals surface area contributed by atoms with Crippen LogP contribution in [0.4, 0.5) is 4.39 Å². The first-order valence-electron chi connectivity index (χ1n) is 9.47. The average molecular weight is 395 g/mol. The number of rotatable bonds is 3. The lowest BCUT2D eigenvalue weighted by Gasteiger charge is -2.29. The van der Waals surface area contributed by atoms with E-state index in [1.807, 2.05) is 0 Å². The summed E-state index contributed by atoms with van der Waals surface area (Å²) in [5.74, 6) is -0.563. The van der Waals surface area contributed by atoms with E-state index in [0.29, 0.717) is 47.7 Å². The molecular formula is C21H18FN3O4. The third-order valence-electron chi connectivity index (χ3n) is 5.65. The summed E-state index contributed by atoms with van der Waals surface area (Å²) in [6, 6.07) is 7.56. The Morgan fingerprint density at radius 2 is 1.97 bits per heavy atom. The maximum absolute atomic E-state index is 14.3. The van der Waals surface area contributed by atoms with Crippen molar-refractivity contribution in [2.75, 3.05) is 0 Å². The number of nitrogens with zero attached hydrogens (tertiary/aromatic N) is 1. The highest BCUT2D eigenvalue weighted by Crippen LogP contribution is 2.36. The average Bonchev–Trinajstić information content (AvgIpc) is 3.28. The molecule has 3 aliphatic heterocycles. The summed E-state index contributed by atoms with van der Waals surface area (Å²) in [6.45, 7) is 1.28. The van der Waals surface area contributed by atoms with Gasteiger partial charge in [0.25, 0.3) is 5.91 Å². The van der Waals surface area contributed by atoms with Gasteiger partial charge < -0.3 is 15.0 Å². The van der Waals surface area contributed by atoms with E-state index < -0.39 is 11.9 Å². The smallest absolute Gasteiger partial charge is 0.255 e. The van der Waals surface area contributed by atoms with Crippen LogP contribution in [0.1, 0.15) is 39.9 Å². The SMILES string of the molecule is O=C1CCC(N2Cc3c(Oc4cc(F)c5c(c4)CNC5)cccc3C2=O)C(=O)N1. The zero-order valence-corrected chi connectivity index (χ0v) is 15.5. The molecule has 2 aromatic rings. The second-order valence-corrected chi connectivity index (χ2v) is 7.43. The molecule has 2 N–H and O–H groups in total. The van der Waals surface area contributed by atoms with Crippen molar-refractivity contribution >= 4 is 17.7 Å². The minimum absolute atomic E-state index is 0.197. The number of carbonyl (C=O) groups is 3. The number of amides is 3. The highest BCUT2D eigenvalue weighted by molar-refractivity contribution is 6.05. The summed E-state index contributed by atoms with van der Waals surface area (Å²) in [5.41, 5.74) is 2.61. The minimum Gasteiger partial charge on any atom is -0.457 e. The number of halogens is 1. The van der Waals surface area contributed by atoms with Crippen LogP contribution in [0.25, 0.3) is 0 Å². The molecule has 0 aliphatic carbocycles. The molecule has 5 rings (SSSR count). The normalized spacial score (nSPS) is 20.5. The summed E-state index contributed by atoms with van der Waals surface area (Å²) in [5, 5.41) is 5.40. The number of nitrogens with one attached hydrogen (secondary N) is 2. The van der Waals surface area contributed by atoms with Crippen LogP contribution in [0.5, 0.6) is 11.5 Å². The third kappa shape index (κ3) is 2.96. The molecule has 3 aliphatic rings. The fraction of sp³-hybridized carbons (Fsp3) is 0.286. The van der Waals surface area contributed by atoms with E-state index in [-0.39, 0.29) is 30.6 Å². The van der Waals surface area contributed by atoms with Crippen LogP contribution in [-0.2, 0) is 29.2 Å². The van der Waals surface area contributed by atoms with Crippen molar-refractivity contribution in [2.45, 2.75) is 38.5 Å². The third-order valence-corrected chi connectivity index (χ3v) is 5.65. The largest absolute Gasteiger partial charge is 0.457 e. The molecule has 0 bridgehead atoms. The topological polar surface area (TPSA) is 87.7 Å². The van der Waals surface area contributed by atoms with Gasteiger partial charge in [-0.1, -0.05) is 6.07 Å². The molecule has 2 aromatic carbocycles. The number of hydrogen-bond donors (Lipinski definition) is 2. The van der Waals surface area contributed by atoms with E-state index in [9.17, 15) is 18.8 Å². The molecule has 1 atom stereocenters. The predicted molar refractivity (Wildman–Crippen MR) is 99.5 cm³/mol. The van der Waals surface area contributed by atoms with Gasteiger partial charge in [-0.15, -0.1) is 0 Å². The molecule has 29 heavy (non-hydrogen) atoms. The minimum atomic E-state index is -0.691. The van der Waals surface area contributed by atoms with E-state index >= 15 is 0 Å². The van der Waals surface area contributed by atoms with Crippen LogP contribution >= 0.6 is 0 Å². The second-order valence-electron chi connectivity index (χ2n) is 7.43. The number of piperidine rings is 1. The van der Waals surface area contributed by atoms with Crippen LogP contribution in [0, 0.1) is 5.82 Å². The number of fused-ring (bicyclic) bond motifs is 2. The Labute approximate surface area is 165 Å². The van der Waals surface area contributed by atoms with Gasteiger partial charge in [0.1, 0.15) is 23.4 Å². The van der Waals surface area contributed by atoms with Crippen LogP contribution in [-0.4, -0.2) is 28.7 Å². The van der Waals surface area contributed by atoms with Crippen molar-refractivity contribution in [2.24, 2.45) is 0 Å². The molecule has 0 aromatic heterocycles. The van der Waals surface area contributed by atoms with Gasteiger partial charge in [0.15, 0.2) is 0 Å². The molecule has 8 heteroatoms. The van der Waals surface area contributed by atoms with Crippen molar-refractivity contribution in [1.82, 2.24) is 15.5 Å². The number of carbonyl (C=O) groups excluding carboxylic acids is 3. The standard InChI is InChI=1S/C21H18FN3O4/c22-16-7-12(6-11-8-23-9-14(11)16)29-18-3-1-2-13-15(18)10-25(21(13)28)17-4-5-19(26)24-20(17)27/h1-3,6-7,17,23H,4-5,8-10H2,(H,24,26,27). The quantitative estimate of drug-likeness (QED) is 0.776. The Morgan fingerprint density at radius 3 is 2.79 bits per heavy atom. The summed E-state index contributed by atoms with van der Waals surface area (Å²) >= 11 is 0. The first-order valence-corrected chi connectivity index (χ1v) is 9.47. The summed E-state index contributed by atoms with van der Waals surface area (Å²) in [6.07, 6.45) is 0.492. The van der Waals surface area contributed by atoms with Crippen molar-refractivity contribution in [1.29, 1.82) is 0 Å². The fourth-order valence-electron chi connectivity index (χ4n) is 4.18. The molecule has 1 fully saturated rings. The second kappa shape index (κ2) is 6.66. The lowest BCUT2D eigenvalue weighted by atomic mass is 10.0. The van der Waals surface area contributed by atoms with E-state index in [1.165, 1.54) is 11.0 Å². The Kier molecular flexibility index (Phi) is 4.09. The Morgan fingerprint density at radius 1 is 1.10 bits per heavy atom. The van der Waals surface area contributed by atoms with E-state index in [4.69, 9.17) is 4.74 Å². The van der Waals surface area contributed by atoms with Crippen molar-refractivity contribution in [3.05, 3.63) is 58.4 Å². The van der Waals surface area contributed by atoms with Gasteiger partial charge in [-0.3, -0.25) is 19.7 Å². The summed E-state index contributed by atoms with van der Waals surface area (Å²) < 4.78 is 20.3. The molecule has 1 saturated heterocycles. The van der Waals surface area contributed by atoms with Gasteiger partial charge >= 0.3 is 0 Å². The van der Waals surface area contributed by atoms with E-state index in [1.54, 1.807) is 24.3 Å². The molecule has 0 saturated carbocycles. The van der Waals surface area contributed by atoms with E-state index in [0.717, 1.165) is 5.56 Å². The number of benzene rings is 2. The van der Waals surface area contributed by atoms with Crippen molar-refractivity contribution in [3.63, 3.8) is 0 Å². The summed E-state index contributed by atoms with van der Waals surface area (Å²) in [4.78, 5) is 38.0. The van der Waals surface area contributed by atoms with E-state index in [2.05, 4.69) is 10.6 Å². The Balaban J connectivity index is 1.44. The first-order chi connectivity index (χ1) is 14.0. The maximum Gasteiger partial charge on any atom is 0.255 e. The van der Waals surface area contributed by atoms with Crippen LogP contribution in [0.3, 0.4) is 0 Å². The highest BCUT2D eigenvalue weighted by atomic mass is 19.1. The molecule has 0 radical (unpaired) electrons. The van der Waals surface area contributed by atoms with Crippen molar-refractivity contribution in [3.8, 4) is 11.5 Å². The zero-order valence-electron chi connectivity index (χ0n) is 15.5. The van der Waals surface area contributed by atoms with Gasteiger partial charge in [0.2, 0.25) is 11.8 Å². The molecular weight excluding hydrogens is 377 g/mol. The lowest BCUT2D eigenvalue weighted by Crippen LogP contribution is -2.52. The van der Waals surface area contributed by atoms with Gasteiger partial charge in [0, 0.05) is 42.3 Å². The maximum atomic E-state index is 14.3. The molecule has 3 heterocycles. The molecule has 1 unspecified atom stereocenters. The molecule has 7 nitrogen and oxygen atoms in total.